The molecule has 0 fully saturated rings. The van der Waals surface area contributed by atoms with Gasteiger partial charge in [-0.1, -0.05) is 35.3 Å². The van der Waals surface area contributed by atoms with E-state index >= 15 is 0 Å². The molecule has 0 aliphatic carbocycles. The van der Waals surface area contributed by atoms with Crippen LogP contribution in [0, 0.1) is 0 Å². The molecule has 0 aliphatic rings. The van der Waals surface area contributed by atoms with Crippen LogP contribution in [0.1, 0.15) is 5.56 Å². The van der Waals surface area contributed by atoms with Crippen molar-refractivity contribution in [3.63, 3.8) is 0 Å². The number of hydrogen-bond acceptors (Lipinski definition) is 4. The van der Waals surface area contributed by atoms with Crippen molar-refractivity contribution in [2.45, 2.75) is 0 Å². The molecule has 1 N–H and O–H groups in total. The summed E-state index contributed by atoms with van der Waals surface area (Å²) >= 11 is 11.7. The van der Waals surface area contributed by atoms with Gasteiger partial charge in [-0.25, -0.2) is 4.98 Å². The summed E-state index contributed by atoms with van der Waals surface area (Å²) in [5.41, 5.74) is 4.90. The van der Waals surface area contributed by atoms with Crippen molar-refractivity contribution >= 4 is 40.9 Å². The Kier molecular flexibility index (Phi) is 4.82. The molecule has 2 aromatic rings. The molecular formula is C14H14Cl2N4. The van der Waals surface area contributed by atoms with Gasteiger partial charge in [-0.05, 0) is 23.8 Å². The van der Waals surface area contributed by atoms with Crippen LogP contribution >= 0.6 is 23.2 Å². The molecule has 6 heteroatoms. The summed E-state index contributed by atoms with van der Waals surface area (Å²) in [4.78, 5) is 6.09. The Morgan fingerprint density at radius 3 is 2.50 bits per heavy atom. The Hall–Kier alpha value is -1.78. The van der Waals surface area contributed by atoms with Crippen LogP contribution in [-0.2, 0) is 0 Å². The van der Waals surface area contributed by atoms with Crippen molar-refractivity contribution in [3.8, 4) is 0 Å². The lowest BCUT2D eigenvalue weighted by molar-refractivity contribution is 1.13. The molecule has 4 nitrogen and oxygen atoms in total. The number of nitrogens with one attached hydrogen (secondary N) is 1. The van der Waals surface area contributed by atoms with Crippen molar-refractivity contribution in [3.05, 3.63) is 52.1 Å². The predicted octanol–water partition coefficient (Wildman–Crippen LogP) is 3.90. The molecule has 1 aromatic carbocycles. The summed E-state index contributed by atoms with van der Waals surface area (Å²) in [6.45, 7) is 0. The van der Waals surface area contributed by atoms with E-state index in [4.69, 9.17) is 23.2 Å². The highest BCUT2D eigenvalue weighted by Crippen LogP contribution is 2.22. The number of pyridine rings is 1. The van der Waals surface area contributed by atoms with Crippen LogP contribution < -0.4 is 10.3 Å². The fourth-order valence-corrected chi connectivity index (χ4v) is 1.95. The van der Waals surface area contributed by atoms with E-state index in [0.717, 1.165) is 11.3 Å². The molecular weight excluding hydrogens is 295 g/mol. The molecule has 2 rings (SSSR count). The Bertz CT molecular complexity index is 609. The molecule has 0 saturated heterocycles. The van der Waals surface area contributed by atoms with E-state index in [2.05, 4.69) is 15.5 Å². The van der Waals surface area contributed by atoms with Gasteiger partial charge in [-0.2, -0.15) is 5.10 Å². The molecule has 0 atom stereocenters. The number of benzene rings is 1. The maximum Gasteiger partial charge on any atom is 0.165 e. The number of anilines is 2. The van der Waals surface area contributed by atoms with Crippen LogP contribution in [0.5, 0.6) is 0 Å². The quantitative estimate of drug-likeness (QED) is 0.688. The average Bonchev–Trinajstić information content (AvgIpc) is 2.42. The number of halogens is 2. The van der Waals surface area contributed by atoms with Crippen LogP contribution in [0.3, 0.4) is 0 Å². The first-order chi connectivity index (χ1) is 9.56. The monoisotopic (exact) mass is 308 g/mol. The second-order valence-corrected chi connectivity index (χ2v) is 5.18. The molecule has 20 heavy (non-hydrogen) atoms. The Morgan fingerprint density at radius 1 is 1.20 bits per heavy atom. The summed E-state index contributed by atoms with van der Waals surface area (Å²) in [5.74, 6) is 0.470. The summed E-state index contributed by atoms with van der Waals surface area (Å²) in [6.07, 6.45) is 3.21. The number of aromatic nitrogens is 1. The second-order valence-electron chi connectivity index (χ2n) is 4.34. The van der Waals surface area contributed by atoms with E-state index in [0.29, 0.717) is 15.9 Å². The summed E-state index contributed by atoms with van der Waals surface area (Å²) in [6, 6.07) is 9.62. The van der Waals surface area contributed by atoms with Gasteiger partial charge in [0, 0.05) is 26.0 Å². The molecule has 0 aliphatic heterocycles. The van der Waals surface area contributed by atoms with Crippen LogP contribution in [-0.4, -0.2) is 25.3 Å². The maximum absolute atomic E-state index is 5.98. The fourth-order valence-electron chi connectivity index (χ4n) is 1.52. The van der Waals surface area contributed by atoms with Gasteiger partial charge in [-0.3, -0.25) is 5.43 Å². The van der Waals surface area contributed by atoms with Gasteiger partial charge in [0.1, 0.15) is 0 Å². The highest BCUT2D eigenvalue weighted by Gasteiger charge is 2.00. The Balaban J connectivity index is 2.02. The fraction of sp³-hybridized carbons (Fsp3) is 0.143. The first-order valence-corrected chi connectivity index (χ1v) is 6.69. The van der Waals surface area contributed by atoms with Gasteiger partial charge in [0.05, 0.1) is 16.3 Å². The minimum atomic E-state index is 0.428. The lowest BCUT2D eigenvalue weighted by Crippen LogP contribution is -2.08. The minimum Gasteiger partial charge on any atom is -0.378 e. The number of nitrogens with zero attached hydrogens (tertiary/aromatic N) is 3. The standard InChI is InChI=1S/C14H14Cl2N4/c1-20(2)12-5-3-10(4-6-12)8-18-19-14-13(16)7-11(15)9-17-14/h3-9H,1-2H3,(H,17,19)/b18-8-. The third kappa shape index (κ3) is 3.85. The van der Waals surface area contributed by atoms with E-state index < -0.39 is 0 Å². The van der Waals surface area contributed by atoms with E-state index in [1.54, 1.807) is 12.3 Å². The molecule has 0 bridgehead atoms. The van der Waals surface area contributed by atoms with E-state index in [9.17, 15) is 0 Å². The van der Waals surface area contributed by atoms with E-state index in [-0.39, 0.29) is 0 Å². The van der Waals surface area contributed by atoms with E-state index in [1.165, 1.54) is 6.20 Å². The Morgan fingerprint density at radius 2 is 1.90 bits per heavy atom. The highest BCUT2D eigenvalue weighted by molar-refractivity contribution is 6.35. The molecule has 0 spiro atoms. The molecule has 104 valence electrons. The van der Waals surface area contributed by atoms with Gasteiger partial charge in [0.2, 0.25) is 0 Å². The van der Waals surface area contributed by atoms with Gasteiger partial charge in [-0.15, -0.1) is 0 Å². The molecule has 0 radical (unpaired) electrons. The topological polar surface area (TPSA) is 40.5 Å². The minimum absolute atomic E-state index is 0.428. The van der Waals surface area contributed by atoms with Crippen molar-refractivity contribution in [1.82, 2.24) is 4.98 Å². The van der Waals surface area contributed by atoms with E-state index in [1.807, 2.05) is 43.3 Å². The first-order valence-electron chi connectivity index (χ1n) is 5.94. The zero-order valence-corrected chi connectivity index (χ0v) is 12.7. The zero-order chi connectivity index (χ0) is 14.5. The van der Waals surface area contributed by atoms with Crippen molar-refractivity contribution in [2.75, 3.05) is 24.4 Å². The first kappa shape index (κ1) is 14.6. The van der Waals surface area contributed by atoms with Crippen molar-refractivity contribution in [2.24, 2.45) is 5.10 Å². The van der Waals surface area contributed by atoms with Gasteiger partial charge >= 0.3 is 0 Å². The van der Waals surface area contributed by atoms with Gasteiger partial charge < -0.3 is 4.90 Å². The lowest BCUT2D eigenvalue weighted by atomic mass is 10.2. The largest absolute Gasteiger partial charge is 0.378 e. The van der Waals surface area contributed by atoms with Crippen molar-refractivity contribution in [1.29, 1.82) is 0 Å². The molecule has 1 heterocycles. The van der Waals surface area contributed by atoms with Crippen LogP contribution in [0.25, 0.3) is 0 Å². The number of hydrogen-bond donors (Lipinski definition) is 1. The van der Waals surface area contributed by atoms with Gasteiger partial charge in [0.25, 0.3) is 0 Å². The summed E-state index contributed by atoms with van der Waals surface area (Å²) in [7, 11) is 4.00. The molecule has 0 saturated carbocycles. The number of hydrazone groups is 1. The summed E-state index contributed by atoms with van der Waals surface area (Å²) in [5, 5.41) is 5.02. The molecule has 1 aromatic heterocycles. The second kappa shape index (κ2) is 6.59. The highest BCUT2D eigenvalue weighted by atomic mass is 35.5. The van der Waals surface area contributed by atoms with Crippen LogP contribution in [0.4, 0.5) is 11.5 Å². The van der Waals surface area contributed by atoms with Crippen LogP contribution in [0.2, 0.25) is 10.0 Å². The average molecular weight is 309 g/mol. The smallest absolute Gasteiger partial charge is 0.165 e. The normalized spacial score (nSPS) is 10.8. The maximum atomic E-state index is 5.98. The Labute approximate surface area is 128 Å². The zero-order valence-electron chi connectivity index (χ0n) is 11.1. The predicted molar refractivity (Wildman–Crippen MR) is 86.2 cm³/mol. The van der Waals surface area contributed by atoms with Gasteiger partial charge in [0.15, 0.2) is 5.82 Å². The van der Waals surface area contributed by atoms with Crippen LogP contribution in [0.15, 0.2) is 41.6 Å². The molecule has 0 unspecified atom stereocenters. The summed E-state index contributed by atoms with van der Waals surface area (Å²) < 4.78 is 0. The third-order valence-corrected chi connectivity index (χ3v) is 3.10. The number of rotatable bonds is 4. The van der Waals surface area contributed by atoms with Crippen molar-refractivity contribution < 1.29 is 0 Å². The third-order valence-electron chi connectivity index (χ3n) is 2.60. The SMILES string of the molecule is CN(C)c1ccc(/C=N\Nc2ncc(Cl)cc2Cl)cc1. The molecule has 0 amide bonds. The lowest BCUT2D eigenvalue weighted by Gasteiger charge is -2.11.